The van der Waals surface area contributed by atoms with Crippen LogP contribution in [0.1, 0.15) is 6.92 Å². The summed E-state index contributed by atoms with van der Waals surface area (Å²) in [6.45, 7) is 3.24. The summed E-state index contributed by atoms with van der Waals surface area (Å²) in [4.78, 5) is 16.1. The van der Waals surface area contributed by atoms with Crippen LogP contribution >= 0.6 is 12.2 Å². The highest BCUT2D eigenvalue weighted by atomic mass is 32.1. The van der Waals surface area contributed by atoms with Gasteiger partial charge in [0, 0.05) is 26.9 Å². The van der Waals surface area contributed by atoms with E-state index in [2.05, 4.69) is 10.3 Å². The number of nitrogens with one attached hydrogen (secondary N) is 1. The van der Waals surface area contributed by atoms with Crippen molar-refractivity contribution in [2.75, 3.05) is 18.5 Å². The van der Waals surface area contributed by atoms with Crippen molar-refractivity contribution in [2.45, 2.75) is 13.0 Å². The molecule has 1 unspecified atom stereocenters. The van der Waals surface area contributed by atoms with Crippen LogP contribution in [0.15, 0.2) is 9.79 Å². The molecule has 2 rings (SSSR count). The Morgan fingerprint density at radius 3 is 2.78 bits per heavy atom. The lowest BCUT2D eigenvalue weighted by molar-refractivity contribution is 0.416. The lowest BCUT2D eigenvalue weighted by Crippen LogP contribution is -2.29. The van der Waals surface area contributed by atoms with Crippen LogP contribution in [0.2, 0.25) is 0 Å². The first-order valence-electron chi connectivity index (χ1n) is 5.70. The highest BCUT2D eigenvalue weighted by molar-refractivity contribution is 7.71. The van der Waals surface area contributed by atoms with Gasteiger partial charge in [0.15, 0.2) is 5.82 Å². The second kappa shape index (κ2) is 5.03. The number of hydrogen-bond donors (Lipinski definition) is 1. The van der Waals surface area contributed by atoms with Crippen LogP contribution in [0.25, 0.3) is 0 Å². The molecule has 1 aliphatic heterocycles. The predicted octanol–water partition coefficient (Wildman–Crippen LogP) is 0.986. The highest BCUT2D eigenvalue weighted by Gasteiger charge is 2.23. The van der Waals surface area contributed by atoms with Gasteiger partial charge >= 0.3 is 5.69 Å². The molecule has 1 N–H and O–H groups in total. The molecule has 0 saturated carbocycles. The van der Waals surface area contributed by atoms with E-state index in [-0.39, 0.29) is 11.8 Å². The predicted molar refractivity (Wildman–Crippen MR) is 73.5 cm³/mol. The molecule has 7 heteroatoms. The molecule has 0 aliphatic carbocycles. The summed E-state index contributed by atoms with van der Waals surface area (Å²) in [6, 6.07) is 0. The molecule has 0 amide bonds. The molecule has 1 aliphatic rings. The smallest absolute Gasteiger partial charge is 0.330 e. The van der Waals surface area contributed by atoms with Crippen molar-refractivity contribution < 1.29 is 4.74 Å². The Kier molecular flexibility index (Phi) is 3.63. The van der Waals surface area contributed by atoms with Crippen molar-refractivity contribution in [3.63, 3.8) is 0 Å². The molecule has 1 atom stereocenters. The third-order valence-electron chi connectivity index (χ3n) is 2.79. The molecule has 1 aromatic heterocycles. The first-order chi connectivity index (χ1) is 8.56. The summed E-state index contributed by atoms with van der Waals surface area (Å²) in [5.41, 5.74) is 0.511. The molecule has 98 valence electrons. The Bertz CT molecular complexity index is 598. The molecule has 18 heavy (non-hydrogen) atoms. The van der Waals surface area contributed by atoms with Crippen molar-refractivity contribution in [3.8, 4) is 0 Å². The summed E-state index contributed by atoms with van der Waals surface area (Å²) in [6.07, 6.45) is 1.88. The van der Waals surface area contributed by atoms with Gasteiger partial charge in [-0.15, -0.1) is 0 Å². The largest absolute Gasteiger partial charge is 0.377 e. The van der Waals surface area contributed by atoms with Gasteiger partial charge in [0.05, 0.1) is 12.7 Å². The Hall–Kier alpha value is -1.47. The summed E-state index contributed by atoms with van der Waals surface area (Å²) < 4.78 is 8.51. The van der Waals surface area contributed by atoms with Gasteiger partial charge < -0.3 is 10.1 Å². The van der Waals surface area contributed by atoms with Gasteiger partial charge in [-0.25, -0.2) is 9.79 Å². The second-order valence-corrected chi connectivity index (χ2v) is 4.51. The van der Waals surface area contributed by atoms with Crippen molar-refractivity contribution in [3.05, 3.63) is 15.1 Å². The van der Waals surface area contributed by atoms with Crippen LogP contribution in [0, 0.1) is 4.64 Å². The van der Waals surface area contributed by atoms with Gasteiger partial charge in [0.1, 0.15) is 10.3 Å². The van der Waals surface area contributed by atoms with Crippen LogP contribution in [0.3, 0.4) is 0 Å². The number of hydrogen-bond acceptors (Lipinski definition) is 5. The van der Waals surface area contributed by atoms with E-state index in [1.165, 1.54) is 9.13 Å². The maximum Gasteiger partial charge on any atom is 0.330 e. The summed E-state index contributed by atoms with van der Waals surface area (Å²) in [7, 11) is 3.33. The summed E-state index contributed by atoms with van der Waals surface area (Å²) >= 11 is 5.29. The third-order valence-corrected chi connectivity index (χ3v) is 3.27. The SMILES string of the molecule is CC=Nc1c(NCC2CO2)c(=S)n(C)c(=O)n1C. The Morgan fingerprint density at radius 1 is 1.56 bits per heavy atom. The minimum atomic E-state index is -0.186. The lowest BCUT2D eigenvalue weighted by Gasteiger charge is -2.14. The molecule has 0 radical (unpaired) electrons. The van der Waals surface area contributed by atoms with Crippen molar-refractivity contribution in [1.82, 2.24) is 9.13 Å². The van der Waals surface area contributed by atoms with E-state index < -0.39 is 0 Å². The van der Waals surface area contributed by atoms with Gasteiger partial charge in [-0.2, -0.15) is 0 Å². The Labute approximate surface area is 110 Å². The zero-order chi connectivity index (χ0) is 13.3. The fourth-order valence-corrected chi connectivity index (χ4v) is 1.90. The van der Waals surface area contributed by atoms with E-state index >= 15 is 0 Å². The first kappa shape index (κ1) is 13.0. The normalized spacial score (nSPS) is 18.3. The number of anilines is 1. The van der Waals surface area contributed by atoms with E-state index in [1.54, 1.807) is 27.2 Å². The Morgan fingerprint density at radius 2 is 2.22 bits per heavy atom. The molecule has 1 aromatic rings. The van der Waals surface area contributed by atoms with Crippen molar-refractivity contribution in [2.24, 2.45) is 19.1 Å². The molecular formula is C11H16N4O2S. The minimum absolute atomic E-state index is 0.186. The quantitative estimate of drug-likeness (QED) is 0.502. The fraction of sp³-hybridized carbons (Fsp3) is 0.545. The molecule has 0 aromatic carbocycles. The molecule has 0 spiro atoms. The van der Waals surface area contributed by atoms with E-state index in [1.807, 2.05) is 0 Å². The van der Waals surface area contributed by atoms with Crippen molar-refractivity contribution >= 4 is 29.9 Å². The fourth-order valence-electron chi connectivity index (χ4n) is 1.66. The van der Waals surface area contributed by atoms with Gasteiger partial charge in [-0.1, -0.05) is 12.2 Å². The maximum absolute atomic E-state index is 11.9. The molecular weight excluding hydrogens is 252 g/mol. The number of rotatable bonds is 4. The van der Waals surface area contributed by atoms with E-state index in [9.17, 15) is 4.79 Å². The number of aliphatic imine (C=N–C) groups is 1. The second-order valence-electron chi connectivity index (χ2n) is 4.13. The van der Waals surface area contributed by atoms with Crippen LogP contribution < -0.4 is 11.0 Å². The third kappa shape index (κ3) is 2.37. The highest BCUT2D eigenvalue weighted by Crippen LogP contribution is 2.24. The molecule has 2 heterocycles. The minimum Gasteiger partial charge on any atom is -0.377 e. The number of aromatic nitrogens is 2. The van der Waals surface area contributed by atoms with Crippen molar-refractivity contribution in [1.29, 1.82) is 0 Å². The number of nitrogens with zero attached hydrogens (tertiary/aromatic N) is 3. The average Bonchev–Trinajstić information content (AvgIpc) is 3.17. The maximum atomic E-state index is 11.9. The molecule has 1 fully saturated rings. The van der Waals surface area contributed by atoms with Gasteiger partial charge in [-0.3, -0.25) is 9.13 Å². The Balaban J connectivity index is 2.52. The zero-order valence-electron chi connectivity index (χ0n) is 10.6. The molecule has 1 saturated heterocycles. The van der Waals surface area contributed by atoms with Gasteiger partial charge in [0.2, 0.25) is 0 Å². The number of epoxide rings is 1. The van der Waals surface area contributed by atoms with E-state index in [0.717, 1.165) is 6.61 Å². The topological polar surface area (TPSA) is 63.9 Å². The van der Waals surface area contributed by atoms with Crippen LogP contribution in [0.4, 0.5) is 11.5 Å². The van der Waals surface area contributed by atoms with Crippen LogP contribution in [-0.2, 0) is 18.8 Å². The average molecular weight is 268 g/mol. The number of ether oxygens (including phenoxy) is 1. The summed E-state index contributed by atoms with van der Waals surface area (Å²) in [5, 5.41) is 3.21. The van der Waals surface area contributed by atoms with Gasteiger partial charge in [-0.05, 0) is 6.92 Å². The monoisotopic (exact) mass is 268 g/mol. The van der Waals surface area contributed by atoms with E-state index in [4.69, 9.17) is 17.0 Å². The standard InChI is InChI=1S/C11H16N4O2S/c1-4-12-9-8(13-5-7-6-17-7)10(18)15(3)11(16)14(9)2/h4,7,13H,5-6H2,1-3H3. The molecule has 0 bridgehead atoms. The first-order valence-corrected chi connectivity index (χ1v) is 6.11. The van der Waals surface area contributed by atoms with Crippen LogP contribution in [0.5, 0.6) is 0 Å². The van der Waals surface area contributed by atoms with Crippen LogP contribution in [-0.4, -0.2) is 34.6 Å². The van der Waals surface area contributed by atoms with Gasteiger partial charge in [0.25, 0.3) is 0 Å². The van der Waals surface area contributed by atoms with E-state index in [0.29, 0.717) is 22.7 Å². The zero-order valence-corrected chi connectivity index (χ0v) is 11.5. The lowest BCUT2D eigenvalue weighted by atomic mass is 10.4. The summed E-state index contributed by atoms with van der Waals surface area (Å²) in [5.74, 6) is 0.547. The molecule has 6 nitrogen and oxygen atoms in total.